The smallest absolute Gasteiger partial charge is 0.248 e. The zero-order valence-electron chi connectivity index (χ0n) is 9.34. The Morgan fingerprint density at radius 2 is 2.33 bits per heavy atom. The Kier molecular flexibility index (Phi) is 2.48. The number of aromatic nitrogens is 2. The van der Waals surface area contributed by atoms with Crippen molar-refractivity contribution in [2.45, 2.75) is 12.6 Å². The van der Waals surface area contributed by atoms with Crippen LogP contribution in [0.1, 0.15) is 11.7 Å². The van der Waals surface area contributed by atoms with Gasteiger partial charge in [0, 0.05) is 33.4 Å². The van der Waals surface area contributed by atoms with E-state index in [1.165, 1.54) is 0 Å². The predicted molar refractivity (Wildman–Crippen MR) is 56.3 cm³/mol. The summed E-state index contributed by atoms with van der Waals surface area (Å²) in [6.07, 6.45) is 1.75. The molecule has 15 heavy (non-hydrogen) atoms. The van der Waals surface area contributed by atoms with Gasteiger partial charge in [-0.2, -0.15) is 5.10 Å². The summed E-state index contributed by atoms with van der Waals surface area (Å²) in [4.78, 5) is 15.7. The second-order valence-corrected chi connectivity index (χ2v) is 4.21. The van der Waals surface area contributed by atoms with Crippen molar-refractivity contribution in [1.29, 1.82) is 0 Å². The molecule has 1 aromatic heterocycles. The van der Waals surface area contributed by atoms with Crippen LogP contribution in [0.2, 0.25) is 0 Å². The molecule has 1 amide bonds. The van der Waals surface area contributed by atoms with Crippen LogP contribution in [-0.4, -0.2) is 53.2 Å². The highest BCUT2D eigenvalue weighted by molar-refractivity contribution is 5.80. The highest BCUT2D eigenvalue weighted by Crippen LogP contribution is 2.20. The van der Waals surface area contributed by atoms with Crippen molar-refractivity contribution in [2.75, 3.05) is 27.7 Å². The minimum absolute atomic E-state index is 0.103. The molecular formula is C10H16N4O. The van der Waals surface area contributed by atoms with E-state index in [0.717, 1.165) is 18.8 Å². The predicted octanol–water partition coefficient (Wildman–Crippen LogP) is -0.0422. The Hall–Kier alpha value is -1.36. The minimum atomic E-state index is -0.177. The molecule has 1 aromatic rings. The van der Waals surface area contributed by atoms with E-state index < -0.39 is 0 Å². The van der Waals surface area contributed by atoms with E-state index in [-0.39, 0.29) is 11.9 Å². The molecule has 5 heteroatoms. The molecule has 1 unspecified atom stereocenters. The summed E-state index contributed by atoms with van der Waals surface area (Å²) < 4.78 is 1.84. The lowest BCUT2D eigenvalue weighted by Crippen LogP contribution is -2.43. The summed E-state index contributed by atoms with van der Waals surface area (Å²) in [6, 6.07) is 1.79. The third-order valence-corrected chi connectivity index (χ3v) is 2.69. The number of carbonyl (C=O) groups excluding carboxylic acids is 1. The number of likely N-dealkylation sites (N-methyl/N-ethyl adjacent to an activating group) is 2. The van der Waals surface area contributed by atoms with Crippen LogP contribution in [0, 0.1) is 0 Å². The van der Waals surface area contributed by atoms with Crippen LogP contribution in [0.4, 0.5) is 0 Å². The standard InChI is InChI=1S/C10H16N4O/c1-12(2)10(15)9-7-13(3)6-8-4-5-11-14(8)9/h4-5,9H,6-7H2,1-3H3. The normalized spacial score (nSPS) is 21.1. The molecule has 1 aliphatic rings. The van der Waals surface area contributed by atoms with Gasteiger partial charge in [-0.15, -0.1) is 0 Å². The number of rotatable bonds is 1. The zero-order valence-corrected chi connectivity index (χ0v) is 9.34. The van der Waals surface area contributed by atoms with Gasteiger partial charge in [0.2, 0.25) is 5.91 Å². The van der Waals surface area contributed by atoms with Crippen LogP contribution in [-0.2, 0) is 11.3 Å². The summed E-state index contributed by atoms with van der Waals surface area (Å²) in [7, 11) is 5.58. The second-order valence-electron chi connectivity index (χ2n) is 4.21. The first-order chi connectivity index (χ1) is 7.09. The molecule has 1 atom stereocenters. The molecule has 0 aromatic carbocycles. The lowest BCUT2D eigenvalue weighted by Gasteiger charge is -2.31. The zero-order chi connectivity index (χ0) is 11.0. The molecule has 5 nitrogen and oxygen atoms in total. The van der Waals surface area contributed by atoms with Crippen LogP contribution in [0.15, 0.2) is 12.3 Å². The van der Waals surface area contributed by atoms with Gasteiger partial charge in [-0.1, -0.05) is 0 Å². The van der Waals surface area contributed by atoms with Gasteiger partial charge in [-0.05, 0) is 13.1 Å². The fraction of sp³-hybridized carbons (Fsp3) is 0.600. The van der Waals surface area contributed by atoms with Crippen molar-refractivity contribution in [1.82, 2.24) is 19.6 Å². The molecule has 2 heterocycles. The average molecular weight is 208 g/mol. The quantitative estimate of drug-likeness (QED) is 0.650. The number of hydrogen-bond acceptors (Lipinski definition) is 3. The lowest BCUT2D eigenvalue weighted by atomic mass is 10.2. The van der Waals surface area contributed by atoms with Gasteiger partial charge < -0.3 is 4.90 Å². The first kappa shape index (κ1) is 10.2. The van der Waals surface area contributed by atoms with E-state index in [0.29, 0.717) is 0 Å². The third-order valence-electron chi connectivity index (χ3n) is 2.69. The van der Waals surface area contributed by atoms with Gasteiger partial charge >= 0.3 is 0 Å². The lowest BCUT2D eigenvalue weighted by molar-refractivity contribution is -0.133. The van der Waals surface area contributed by atoms with E-state index in [2.05, 4.69) is 10.00 Å². The van der Waals surface area contributed by atoms with E-state index in [4.69, 9.17) is 0 Å². The fourth-order valence-corrected chi connectivity index (χ4v) is 1.94. The maximum Gasteiger partial charge on any atom is 0.248 e. The Balaban J connectivity index is 2.31. The summed E-state index contributed by atoms with van der Waals surface area (Å²) in [6.45, 7) is 1.59. The van der Waals surface area contributed by atoms with E-state index in [1.807, 2.05) is 17.8 Å². The van der Waals surface area contributed by atoms with Crippen molar-refractivity contribution in [3.8, 4) is 0 Å². The van der Waals surface area contributed by atoms with Gasteiger partial charge in [-0.3, -0.25) is 14.4 Å². The highest BCUT2D eigenvalue weighted by Gasteiger charge is 2.29. The molecule has 2 rings (SSSR count). The largest absolute Gasteiger partial charge is 0.347 e. The third kappa shape index (κ3) is 1.74. The molecule has 0 saturated carbocycles. The van der Waals surface area contributed by atoms with Gasteiger partial charge in [0.05, 0.1) is 5.69 Å². The highest BCUT2D eigenvalue weighted by atomic mass is 16.2. The summed E-state index contributed by atoms with van der Waals surface area (Å²) in [5.74, 6) is 0.103. The van der Waals surface area contributed by atoms with E-state index in [1.54, 1.807) is 25.2 Å². The SMILES string of the molecule is CN1Cc2ccnn2C(C(=O)N(C)C)C1. The first-order valence-corrected chi connectivity index (χ1v) is 5.01. The van der Waals surface area contributed by atoms with Crippen LogP contribution in [0.25, 0.3) is 0 Å². The summed E-state index contributed by atoms with van der Waals surface area (Å²) >= 11 is 0. The number of carbonyl (C=O) groups is 1. The molecule has 1 aliphatic heterocycles. The topological polar surface area (TPSA) is 41.4 Å². The molecular weight excluding hydrogens is 192 g/mol. The van der Waals surface area contributed by atoms with Crippen molar-refractivity contribution in [3.63, 3.8) is 0 Å². The van der Waals surface area contributed by atoms with Gasteiger partial charge in [0.25, 0.3) is 0 Å². The molecule has 0 N–H and O–H groups in total. The van der Waals surface area contributed by atoms with Crippen molar-refractivity contribution in [2.24, 2.45) is 0 Å². The number of hydrogen-bond donors (Lipinski definition) is 0. The first-order valence-electron chi connectivity index (χ1n) is 5.01. The minimum Gasteiger partial charge on any atom is -0.347 e. The second kappa shape index (κ2) is 3.66. The van der Waals surface area contributed by atoms with E-state index in [9.17, 15) is 4.79 Å². The maximum atomic E-state index is 11.9. The molecule has 0 radical (unpaired) electrons. The molecule has 0 fully saturated rings. The number of amides is 1. The summed E-state index contributed by atoms with van der Waals surface area (Å²) in [5.41, 5.74) is 1.10. The van der Waals surface area contributed by atoms with Gasteiger partial charge in [0.15, 0.2) is 0 Å². The Bertz CT molecular complexity index is 371. The van der Waals surface area contributed by atoms with Crippen molar-refractivity contribution < 1.29 is 4.79 Å². The molecule has 0 spiro atoms. The Labute approximate surface area is 89.3 Å². The number of fused-ring (bicyclic) bond motifs is 1. The van der Waals surface area contributed by atoms with Crippen LogP contribution in [0.5, 0.6) is 0 Å². The van der Waals surface area contributed by atoms with Crippen LogP contribution < -0.4 is 0 Å². The fourth-order valence-electron chi connectivity index (χ4n) is 1.94. The summed E-state index contributed by atoms with van der Waals surface area (Å²) in [5, 5.41) is 4.22. The molecule has 0 bridgehead atoms. The van der Waals surface area contributed by atoms with E-state index >= 15 is 0 Å². The monoisotopic (exact) mass is 208 g/mol. The molecule has 0 aliphatic carbocycles. The molecule has 0 saturated heterocycles. The van der Waals surface area contributed by atoms with Crippen LogP contribution in [0.3, 0.4) is 0 Å². The average Bonchev–Trinajstić information content (AvgIpc) is 2.62. The number of nitrogens with zero attached hydrogens (tertiary/aromatic N) is 4. The van der Waals surface area contributed by atoms with Gasteiger partial charge in [-0.25, -0.2) is 0 Å². The maximum absolute atomic E-state index is 11.9. The Morgan fingerprint density at radius 1 is 1.60 bits per heavy atom. The van der Waals surface area contributed by atoms with Gasteiger partial charge in [0.1, 0.15) is 6.04 Å². The van der Waals surface area contributed by atoms with Crippen LogP contribution >= 0.6 is 0 Å². The molecule has 82 valence electrons. The van der Waals surface area contributed by atoms with Crippen molar-refractivity contribution in [3.05, 3.63) is 18.0 Å². The Morgan fingerprint density at radius 3 is 3.00 bits per heavy atom. The van der Waals surface area contributed by atoms with Crippen molar-refractivity contribution >= 4 is 5.91 Å².